The molecule has 0 N–H and O–H groups in total. The normalized spacial score (nSPS) is 12.7. The highest BCUT2D eigenvalue weighted by Crippen LogP contribution is 2.35. The van der Waals surface area contributed by atoms with Crippen LogP contribution in [0.3, 0.4) is 0 Å². The average molecular weight is 360 g/mol. The summed E-state index contributed by atoms with van der Waals surface area (Å²) in [5.41, 5.74) is 3.85. The van der Waals surface area contributed by atoms with Crippen LogP contribution in [0.4, 0.5) is 0 Å². The molecule has 20 heavy (non-hydrogen) atoms. The summed E-state index contributed by atoms with van der Waals surface area (Å²) in [5, 5.41) is 0.901. The molecular formula is C18H28BrCl. The molecule has 1 aromatic carbocycles. The van der Waals surface area contributed by atoms with Gasteiger partial charge in [-0.1, -0.05) is 85.5 Å². The van der Waals surface area contributed by atoms with E-state index in [4.69, 9.17) is 11.6 Å². The maximum atomic E-state index is 6.36. The third-order valence-corrected chi connectivity index (χ3v) is 5.29. The van der Waals surface area contributed by atoms with Crippen LogP contribution in [0.5, 0.6) is 0 Å². The molecule has 0 spiro atoms. The monoisotopic (exact) mass is 358 g/mol. The molecule has 0 aliphatic rings. The molecule has 0 saturated carbocycles. The van der Waals surface area contributed by atoms with Gasteiger partial charge in [-0.15, -0.1) is 0 Å². The van der Waals surface area contributed by atoms with Gasteiger partial charge >= 0.3 is 0 Å². The van der Waals surface area contributed by atoms with Gasteiger partial charge in [0.1, 0.15) is 0 Å². The van der Waals surface area contributed by atoms with Crippen molar-refractivity contribution in [3.8, 4) is 0 Å². The van der Waals surface area contributed by atoms with Crippen molar-refractivity contribution in [2.45, 2.75) is 77.0 Å². The zero-order valence-electron chi connectivity index (χ0n) is 13.1. The second-order valence-electron chi connectivity index (χ2n) is 5.84. The van der Waals surface area contributed by atoms with Crippen LogP contribution in [0.15, 0.2) is 12.1 Å². The first-order chi connectivity index (χ1) is 9.56. The Morgan fingerprint density at radius 2 is 1.50 bits per heavy atom. The minimum absolute atomic E-state index is 0.393. The smallest absolute Gasteiger partial charge is 0.0452 e. The molecule has 2 heteroatoms. The van der Waals surface area contributed by atoms with Crippen LogP contribution < -0.4 is 0 Å². The second kappa shape index (κ2) is 9.84. The quantitative estimate of drug-likeness (QED) is 0.315. The number of benzene rings is 1. The topological polar surface area (TPSA) is 0 Å². The van der Waals surface area contributed by atoms with Crippen molar-refractivity contribution in [1.29, 1.82) is 0 Å². The number of hydrogen-bond donors (Lipinski definition) is 0. The lowest BCUT2D eigenvalue weighted by atomic mass is 10.0. The first-order valence-corrected chi connectivity index (χ1v) is 9.26. The maximum absolute atomic E-state index is 6.36. The van der Waals surface area contributed by atoms with Gasteiger partial charge in [-0.25, -0.2) is 0 Å². The van der Waals surface area contributed by atoms with E-state index in [0.29, 0.717) is 4.83 Å². The SMILES string of the molecule is CCCCCCCCCC(Br)c1cc(C)c(C)cc1Cl. The summed E-state index contributed by atoms with van der Waals surface area (Å²) in [5.74, 6) is 0. The number of alkyl halides is 1. The van der Waals surface area contributed by atoms with E-state index in [1.165, 1.54) is 68.1 Å². The van der Waals surface area contributed by atoms with Gasteiger partial charge in [0, 0.05) is 9.85 Å². The summed E-state index contributed by atoms with van der Waals surface area (Å²) in [6, 6.07) is 4.32. The third-order valence-electron chi connectivity index (χ3n) is 4.01. The lowest BCUT2D eigenvalue weighted by Gasteiger charge is -2.14. The van der Waals surface area contributed by atoms with E-state index in [9.17, 15) is 0 Å². The molecule has 0 heterocycles. The van der Waals surface area contributed by atoms with Gasteiger partial charge < -0.3 is 0 Å². The molecule has 0 fully saturated rings. The molecule has 114 valence electrons. The molecule has 0 aliphatic carbocycles. The summed E-state index contributed by atoms with van der Waals surface area (Å²) >= 11 is 10.2. The number of aryl methyl sites for hydroxylation is 2. The van der Waals surface area contributed by atoms with Crippen LogP contribution in [0.2, 0.25) is 5.02 Å². The molecular weight excluding hydrogens is 332 g/mol. The van der Waals surface area contributed by atoms with E-state index in [-0.39, 0.29) is 0 Å². The van der Waals surface area contributed by atoms with Gasteiger partial charge in [-0.05, 0) is 43.0 Å². The minimum atomic E-state index is 0.393. The third kappa shape index (κ3) is 6.18. The van der Waals surface area contributed by atoms with Crippen LogP contribution in [-0.4, -0.2) is 0 Å². The largest absolute Gasteiger partial charge is 0.0840 e. The standard InChI is InChI=1S/C18H28BrCl/c1-4-5-6-7-8-9-10-11-17(19)16-12-14(2)15(3)13-18(16)20/h12-13,17H,4-11H2,1-3H3. The van der Waals surface area contributed by atoms with Crippen LogP contribution in [0.25, 0.3) is 0 Å². The first kappa shape index (κ1) is 18.0. The Hall–Kier alpha value is -0.0100. The molecule has 1 atom stereocenters. The number of unbranched alkanes of at least 4 members (excludes halogenated alkanes) is 6. The fourth-order valence-electron chi connectivity index (χ4n) is 2.48. The van der Waals surface area contributed by atoms with Gasteiger partial charge in [0.2, 0.25) is 0 Å². The van der Waals surface area contributed by atoms with Gasteiger partial charge in [-0.3, -0.25) is 0 Å². The van der Waals surface area contributed by atoms with E-state index >= 15 is 0 Å². The summed E-state index contributed by atoms with van der Waals surface area (Å²) in [4.78, 5) is 0.393. The van der Waals surface area contributed by atoms with Crippen molar-refractivity contribution in [3.63, 3.8) is 0 Å². The average Bonchev–Trinajstić information content (AvgIpc) is 2.41. The van der Waals surface area contributed by atoms with E-state index < -0.39 is 0 Å². The molecule has 0 saturated heterocycles. The molecule has 0 radical (unpaired) electrons. The Labute approximate surface area is 138 Å². The lowest BCUT2D eigenvalue weighted by Crippen LogP contribution is -1.94. The predicted molar refractivity (Wildman–Crippen MR) is 95.2 cm³/mol. The Bertz CT molecular complexity index is 401. The summed E-state index contributed by atoms with van der Waals surface area (Å²) in [6.07, 6.45) is 10.7. The number of halogens is 2. The fourth-order valence-corrected chi connectivity index (χ4v) is 3.66. The Balaban J connectivity index is 2.32. The molecule has 0 aliphatic heterocycles. The molecule has 0 nitrogen and oxygen atoms in total. The Morgan fingerprint density at radius 3 is 2.15 bits per heavy atom. The molecule has 0 bridgehead atoms. The predicted octanol–water partition coefficient (Wildman–Crippen LogP) is 7.53. The van der Waals surface area contributed by atoms with Gasteiger partial charge in [0.05, 0.1) is 0 Å². The number of hydrogen-bond acceptors (Lipinski definition) is 0. The highest BCUT2D eigenvalue weighted by Gasteiger charge is 2.12. The zero-order chi connectivity index (χ0) is 15.0. The van der Waals surface area contributed by atoms with Crippen molar-refractivity contribution in [3.05, 3.63) is 33.8 Å². The lowest BCUT2D eigenvalue weighted by molar-refractivity contribution is 0.574. The molecule has 0 aromatic heterocycles. The van der Waals surface area contributed by atoms with Gasteiger partial charge in [0.25, 0.3) is 0 Å². The van der Waals surface area contributed by atoms with E-state index in [0.717, 1.165) is 5.02 Å². The van der Waals surface area contributed by atoms with Crippen LogP contribution >= 0.6 is 27.5 Å². The Morgan fingerprint density at radius 1 is 0.950 bits per heavy atom. The van der Waals surface area contributed by atoms with Crippen molar-refractivity contribution in [2.24, 2.45) is 0 Å². The Kier molecular flexibility index (Phi) is 8.88. The fraction of sp³-hybridized carbons (Fsp3) is 0.667. The van der Waals surface area contributed by atoms with Gasteiger partial charge in [0.15, 0.2) is 0 Å². The van der Waals surface area contributed by atoms with E-state index in [1.807, 2.05) is 0 Å². The van der Waals surface area contributed by atoms with Crippen molar-refractivity contribution in [2.75, 3.05) is 0 Å². The van der Waals surface area contributed by atoms with Crippen LogP contribution in [-0.2, 0) is 0 Å². The van der Waals surface area contributed by atoms with Crippen molar-refractivity contribution >= 4 is 27.5 Å². The summed E-state index contributed by atoms with van der Waals surface area (Å²) in [7, 11) is 0. The van der Waals surface area contributed by atoms with E-state index in [2.05, 4.69) is 48.8 Å². The number of rotatable bonds is 9. The van der Waals surface area contributed by atoms with Crippen molar-refractivity contribution < 1.29 is 0 Å². The highest BCUT2D eigenvalue weighted by atomic mass is 79.9. The van der Waals surface area contributed by atoms with Gasteiger partial charge in [-0.2, -0.15) is 0 Å². The van der Waals surface area contributed by atoms with Crippen LogP contribution in [0.1, 0.15) is 79.8 Å². The molecule has 1 aromatic rings. The van der Waals surface area contributed by atoms with Crippen LogP contribution in [0, 0.1) is 13.8 Å². The van der Waals surface area contributed by atoms with E-state index in [1.54, 1.807) is 0 Å². The summed E-state index contributed by atoms with van der Waals surface area (Å²) < 4.78 is 0. The first-order valence-electron chi connectivity index (χ1n) is 7.97. The van der Waals surface area contributed by atoms with Crippen molar-refractivity contribution in [1.82, 2.24) is 0 Å². The zero-order valence-corrected chi connectivity index (χ0v) is 15.5. The maximum Gasteiger partial charge on any atom is 0.0452 e. The molecule has 1 rings (SSSR count). The molecule has 0 amide bonds. The summed E-state index contributed by atoms with van der Waals surface area (Å²) in [6.45, 7) is 6.54. The second-order valence-corrected chi connectivity index (χ2v) is 7.35. The minimum Gasteiger partial charge on any atom is -0.0840 e. The molecule has 1 unspecified atom stereocenters. The highest BCUT2D eigenvalue weighted by molar-refractivity contribution is 9.09.